The lowest BCUT2D eigenvalue weighted by Crippen LogP contribution is -2.32. The van der Waals surface area contributed by atoms with Crippen LogP contribution in [-0.4, -0.2) is 41.4 Å². The summed E-state index contributed by atoms with van der Waals surface area (Å²) >= 11 is 0. The summed E-state index contributed by atoms with van der Waals surface area (Å²) in [7, 11) is 2.98. The molecule has 0 aliphatic rings. The molecule has 0 saturated carbocycles. The predicted molar refractivity (Wildman–Crippen MR) is 104 cm³/mol. The first-order chi connectivity index (χ1) is 13.6. The molecule has 8 nitrogen and oxygen atoms in total. The standard InChI is InChI=1S/C20H20N4O4/c1-27-17-7-3-6-15(19(17)28-2)20(26)22-11-12-24-18(25)9-8-16(23-24)14-5-4-10-21-13-14/h3-10,13H,11-12H2,1-2H3,(H,22,26). The molecule has 0 unspecified atom stereocenters. The van der Waals surface area contributed by atoms with Gasteiger partial charge in [-0.05, 0) is 30.3 Å². The maximum atomic E-state index is 12.5. The van der Waals surface area contributed by atoms with E-state index in [0.717, 1.165) is 5.56 Å². The summed E-state index contributed by atoms with van der Waals surface area (Å²) in [5.74, 6) is 0.501. The van der Waals surface area contributed by atoms with Gasteiger partial charge >= 0.3 is 0 Å². The number of rotatable bonds is 7. The Morgan fingerprint density at radius 2 is 1.96 bits per heavy atom. The van der Waals surface area contributed by atoms with Crippen molar-refractivity contribution in [3.05, 3.63) is 70.8 Å². The molecule has 0 saturated heterocycles. The number of nitrogens with one attached hydrogen (secondary N) is 1. The number of nitrogens with zero attached hydrogens (tertiary/aromatic N) is 3. The Morgan fingerprint density at radius 3 is 2.68 bits per heavy atom. The largest absolute Gasteiger partial charge is 0.493 e. The van der Waals surface area contributed by atoms with Crippen LogP contribution >= 0.6 is 0 Å². The lowest BCUT2D eigenvalue weighted by atomic mass is 10.1. The molecule has 3 rings (SSSR count). The second-order valence-electron chi connectivity index (χ2n) is 5.82. The highest BCUT2D eigenvalue weighted by Crippen LogP contribution is 2.30. The lowest BCUT2D eigenvalue weighted by Gasteiger charge is -2.13. The first kappa shape index (κ1) is 19.1. The van der Waals surface area contributed by atoms with Crippen LogP contribution in [0.25, 0.3) is 11.3 Å². The number of para-hydroxylation sites is 1. The SMILES string of the molecule is COc1cccc(C(=O)NCCn2nc(-c3cccnc3)ccc2=O)c1OC. The van der Waals surface area contributed by atoms with Crippen LogP contribution in [0.15, 0.2) is 59.7 Å². The van der Waals surface area contributed by atoms with Gasteiger partial charge in [0.05, 0.1) is 32.0 Å². The van der Waals surface area contributed by atoms with Crippen molar-refractivity contribution in [2.75, 3.05) is 20.8 Å². The molecule has 28 heavy (non-hydrogen) atoms. The molecule has 1 N–H and O–H groups in total. The van der Waals surface area contributed by atoms with E-state index in [9.17, 15) is 9.59 Å². The van der Waals surface area contributed by atoms with Crippen LogP contribution in [0.4, 0.5) is 0 Å². The third kappa shape index (κ3) is 4.17. The summed E-state index contributed by atoms with van der Waals surface area (Å²) in [6.07, 6.45) is 3.34. The topological polar surface area (TPSA) is 95.3 Å². The normalized spacial score (nSPS) is 10.4. The molecule has 1 amide bonds. The van der Waals surface area contributed by atoms with Crippen molar-refractivity contribution in [1.29, 1.82) is 0 Å². The van der Waals surface area contributed by atoms with Gasteiger partial charge in [0, 0.05) is 30.6 Å². The maximum absolute atomic E-state index is 12.5. The summed E-state index contributed by atoms with van der Waals surface area (Å²) in [5, 5.41) is 7.11. The molecule has 0 aliphatic heterocycles. The predicted octanol–water partition coefficient (Wildman–Crippen LogP) is 1.75. The summed E-state index contributed by atoms with van der Waals surface area (Å²) in [6.45, 7) is 0.452. The van der Waals surface area contributed by atoms with Crippen LogP contribution in [0.5, 0.6) is 11.5 Å². The van der Waals surface area contributed by atoms with Crippen LogP contribution in [0.1, 0.15) is 10.4 Å². The molecule has 1 aromatic carbocycles. The molecule has 2 heterocycles. The van der Waals surface area contributed by atoms with Gasteiger partial charge in [-0.3, -0.25) is 14.6 Å². The summed E-state index contributed by atoms with van der Waals surface area (Å²) in [4.78, 5) is 28.6. The monoisotopic (exact) mass is 380 g/mol. The average molecular weight is 380 g/mol. The van der Waals surface area contributed by atoms with E-state index in [1.165, 1.54) is 25.0 Å². The third-order valence-electron chi connectivity index (χ3n) is 4.08. The van der Waals surface area contributed by atoms with Gasteiger partial charge in [0.15, 0.2) is 11.5 Å². The molecule has 3 aromatic rings. The molecule has 0 radical (unpaired) electrons. The Morgan fingerprint density at radius 1 is 1.11 bits per heavy atom. The Bertz CT molecular complexity index is 1020. The average Bonchev–Trinajstić information content (AvgIpc) is 2.74. The molecule has 0 bridgehead atoms. The molecular formula is C20H20N4O4. The van der Waals surface area contributed by atoms with E-state index in [1.54, 1.807) is 42.7 Å². The van der Waals surface area contributed by atoms with Gasteiger partial charge in [0.2, 0.25) is 0 Å². The lowest BCUT2D eigenvalue weighted by molar-refractivity contribution is 0.0948. The fourth-order valence-corrected chi connectivity index (χ4v) is 2.71. The zero-order chi connectivity index (χ0) is 19.9. The number of hydrogen-bond acceptors (Lipinski definition) is 6. The number of amides is 1. The Kier molecular flexibility index (Phi) is 6.01. The zero-order valence-corrected chi connectivity index (χ0v) is 15.6. The van der Waals surface area contributed by atoms with Gasteiger partial charge in [0.1, 0.15) is 0 Å². The van der Waals surface area contributed by atoms with E-state index in [2.05, 4.69) is 15.4 Å². The quantitative estimate of drug-likeness (QED) is 0.671. The van der Waals surface area contributed by atoms with E-state index in [-0.39, 0.29) is 24.6 Å². The number of carbonyl (C=O) groups is 1. The van der Waals surface area contributed by atoms with E-state index in [4.69, 9.17) is 9.47 Å². The Labute approximate surface area is 161 Å². The number of carbonyl (C=O) groups excluding carboxylic acids is 1. The van der Waals surface area contributed by atoms with Gasteiger partial charge in [-0.15, -0.1) is 0 Å². The van der Waals surface area contributed by atoms with E-state index >= 15 is 0 Å². The van der Waals surface area contributed by atoms with Crippen molar-refractivity contribution in [3.63, 3.8) is 0 Å². The maximum Gasteiger partial charge on any atom is 0.266 e. The number of hydrogen-bond donors (Lipinski definition) is 1. The van der Waals surface area contributed by atoms with Crippen LogP contribution in [-0.2, 0) is 6.54 Å². The molecule has 2 aromatic heterocycles. The van der Waals surface area contributed by atoms with Crippen molar-refractivity contribution in [2.45, 2.75) is 6.54 Å². The second kappa shape index (κ2) is 8.81. The fourth-order valence-electron chi connectivity index (χ4n) is 2.71. The first-order valence-electron chi connectivity index (χ1n) is 8.62. The fraction of sp³-hybridized carbons (Fsp3) is 0.200. The molecule has 8 heteroatoms. The first-order valence-corrected chi connectivity index (χ1v) is 8.62. The van der Waals surface area contributed by atoms with Gasteiger partial charge in [-0.1, -0.05) is 6.07 Å². The van der Waals surface area contributed by atoms with Crippen molar-refractivity contribution in [3.8, 4) is 22.8 Å². The molecule has 0 aliphatic carbocycles. The van der Waals surface area contributed by atoms with Gasteiger partial charge < -0.3 is 14.8 Å². The van der Waals surface area contributed by atoms with E-state index in [0.29, 0.717) is 22.8 Å². The Balaban J connectivity index is 1.70. The smallest absolute Gasteiger partial charge is 0.266 e. The molecular weight excluding hydrogens is 360 g/mol. The summed E-state index contributed by atoms with van der Waals surface area (Å²) in [6, 6.07) is 11.8. The number of methoxy groups -OCH3 is 2. The van der Waals surface area contributed by atoms with Crippen LogP contribution in [0, 0.1) is 0 Å². The zero-order valence-electron chi connectivity index (χ0n) is 15.6. The van der Waals surface area contributed by atoms with E-state index < -0.39 is 0 Å². The number of benzene rings is 1. The minimum atomic E-state index is -0.327. The van der Waals surface area contributed by atoms with Crippen LogP contribution < -0.4 is 20.3 Å². The number of ether oxygens (including phenoxy) is 2. The van der Waals surface area contributed by atoms with Crippen LogP contribution in [0.2, 0.25) is 0 Å². The third-order valence-corrected chi connectivity index (χ3v) is 4.08. The highest BCUT2D eigenvalue weighted by atomic mass is 16.5. The van der Waals surface area contributed by atoms with Crippen LogP contribution in [0.3, 0.4) is 0 Å². The summed E-state index contributed by atoms with van der Waals surface area (Å²) < 4.78 is 11.8. The van der Waals surface area contributed by atoms with Gasteiger partial charge in [-0.2, -0.15) is 5.10 Å². The Hall–Kier alpha value is -3.68. The minimum absolute atomic E-state index is 0.225. The van der Waals surface area contributed by atoms with Crippen molar-refractivity contribution in [2.24, 2.45) is 0 Å². The van der Waals surface area contributed by atoms with E-state index in [1.807, 2.05) is 6.07 Å². The number of aromatic nitrogens is 3. The second-order valence-corrected chi connectivity index (χ2v) is 5.82. The number of pyridine rings is 1. The minimum Gasteiger partial charge on any atom is -0.493 e. The van der Waals surface area contributed by atoms with Crippen molar-refractivity contribution in [1.82, 2.24) is 20.1 Å². The highest BCUT2D eigenvalue weighted by Gasteiger charge is 2.16. The summed E-state index contributed by atoms with van der Waals surface area (Å²) in [5.41, 5.74) is 1.54. The molecule has 0 fully saturated rings. The molecule has 0 atom stereocenters. The molecule has 144 valence electrons. The van der Waals surface area contributed by atoms with Crippen molar-refractivity contribution >= 4 is 5.91 Å². The van der Waals surface area contributed by atoms with Crippen molar-refractivity contribution < 1.29 is 14.3 Å². The van der Waals surface area contributed by atoms with Gasteiger partial charge in [0.25, 0.3) is 11.5 Å². The molecule has 0 spiro atoms. The van der Waals surface area contributed by atoms with Gasteiger partial charge in [-0.25, -0.2) is 4.68 Å². The highest BCUT2D eigenvalue weighted by molar-refractivity contribution is 5.97.